The summed E-state index contributed by atoms with van der Waals surface area (Å²) in [5, 5.41) is 0. The van der Waals surface area contributed by atoms with Gasteiger partial charge >= 0.3 is 29.8 Å². The third-order valence-corrected chi connectivity index (χ3v) is 9.65. The number of hydrogen-bond acceptors (Lipinski definition) is 11. The van der Waals surface area contributed by atoms with Crippen molar-refractivity contribution in [2.75, 3.05) is 0 Å². The van der Waals surface area contributed by atoms with Crippen LogP contribution in [0, 0.1) is 23.2 Å². The molecule has 4 rings (SSSR count). The molecule has 1 saturated heterocycles. The summed E-state index contributed by atoms with van der Waals surface area (Å²) in [7, 11) is 0. The maximum atomic E-state index is 13.4. The number of esters is 5. The average molecular weight is 643 g/mol. The third kappa shape index (κ3) is 6.99. The van der Waals surface area contributed by atoms with Crippen LogP contribution in [0.2, 0.25) is 0 Å². The van der Waals surface area contributed by atoms with E-state index in [1.165, 1.54) is 27.7 Å². The average Bonchev–Trinajstić information content (AvgIpc) is 3.36. The van der Waals surface area contributed by atoms with Gasteiger partial charge in [-0.1, -0.05) is 52.0 Å². The molecule has 2 aliphatic heterocycles. The van der Waals surface area contributed by atoms with Gasteiger partial charge in [0.15, 0.2) is 0 Å². The lowest BCUT2D eigenvalue weighted by Gasteiger charge is -2.43. The summed E-state index contributed by atoms with van der Waals surface area (Å²) in [6, 6.07) is 8.63. The largest absolute Gasteiger partial charge is 0.462 e. The van der Waals surface area contributed by atoms with E-state index in [0.717, 1.165) is 0 Å². The van der Waals surface area contributed by atoms with E-state index in [9.17, 15) is 24.0 Å². The molecule has 0 unspecified atom stereocenters. The lowest BCUT2D eigenvalue weighted by atomic mass is 9.71. The molecule has 3 aliphatic rings. The third-order valence-electron chi connectivity index (χ3n) is 9.65. The fourth-order valence-electron chi connectivity index (χ4n) is 7.60. The Kier molecular flexibility index (Phi) is 10.4. The molecule has 2 bridgehead atoms. The Morgan fingerprint density at radius 1 is 0.783 bits per heavy atom. The first kappa shape index (κ1) is 35.1. The zero-order chi connectivity index (χ0) is 34.1. The first-order valence-corrected chi connectivity index (χ1v) is 15.8. The Morgan fingerprint density at radius 3 is 1.91 bits per heavy atom. The van der Waals surface area contributed by atoms with Crippen molar-refractivity contribution in [2.45, 2.75) is 117 Å². The number of fused-ring (bicyclic) bond motifs is 1. The minimum atomic E-state index is -1.21. The van der Waals surface area contributed by atoms with E-state index in [4.69, 9.17) is 28.4 Å². The number of carbonyl (C=O) groups is 5. The van der Waals surface area contributed by atoms with Crippen LogP contribution in [-0.2, 0) is 47.6 Å². The number of benzene rings is 1. The van der Waals surface area contributed by atoms with Gasteiger partial charge in [0.2, 0.25) is 0 Å². The van der Waals surface area contributed by atoms with Crippen molar-refractivity contribution in [3.05, 3.63) is 47.5 Å². The smallest absolute Gasteiger partial charge is 0.338 e. The van der Waals surface area contributed by atoms with E-state index >= 15 is 0 Å². The molecule has 2 heterocycles. The molecule has 10 atom stereocenters. The quantitative estimate of drug-likeness (QED) is 0.241. The van der Waals surface area contributed by atoms with Gasteiger partial charge in [-0.05, 0) is 37.0 Å². The van der Waals surface area contributed by atoms with Crippen molar-refractivity contribution >= 4 is 29.8 Å². The van der Waals surface area contributed by atoms with E-state index in [1.807, 2.05) is 19.9 Å². The van der Waals surface area contributed by atoms with Crippen LogP contribution in [0.4, 0.5) is 0 Å². The van der Waals surface area contributed by atoms with Gasteiger partial charge in [0.05, 0.1) is 5.56 Å². The number of rotatable bonds is 6. The van der Waals surface area contributed by atoms with Crippen molar-refractivity contribution in [3.63, 3.8) is 0 Å². The van der Waals surface area contributed by atoms with Crippen LogP contribution < -0.4 is 0 Å². The fourth-order valence-corrected chi connectivity index (χ4v) is 7.60. The predicted octanol–water partition coefficient (Wildman–Crippen LogP) is 4.74. The van der Waals surface area contributed by atoms with Gasteiger partial charge in [0, 0.05) is 51.4 Å². The Balaban J connectivity index is 1.96. The highest BCUT2D eigenvalue weighted by Gasteiger charge is 2.68. The summed E-state index contributed by atoms with van der Waals surface area (Å²) < 4.78 is 37.0. The molecule has 1 aromatic carbocycles. The topological polar surface area (TPSA) is 141 Å². The molecule has 1 aliphatic carbocycles. The summed E-state index contributed by atoms with van der Waals surface area (Å²) in [5.41, 5.74) is -1.31. The highest BCUT2D eigenvalue weighted by molar-refractivity contribution is 5.89. The second-order valence-electron chi connectivity index (χ2n) is 13.6. The zero-order valence-corrected chi connectivity index (χ0v) is 28.1. The molecule has 11 heteroatoms. The Labute approximate surface area is 270 Å². The predicted molar refractivity (Wildman–Crippen MR) is 164 cm³/mol. The normalized spacial score (nSPS) is 36.1. The lowest BCUT2D eigenvalue weighted by molar-refractivity contribution is -0.198. The molecule has 0 radical (unpaired) electrons. The van der Waals surface area contributed by atoms with E-state index < -0.39 is 89.3 Å². The van der Waals surface area contributed by atoms with Gasteiger partial charge in [-0.15, -0.1) is 0 Å². The van der Waals surface area contributed by atoms with Crippen LogP contribution in [0.1, 0.15) is 85.5 Å². The second kappa shape index (κ2) is 13.6. The van der Waals surface area contributed by atoms with Gasteiger partial charge in [-0.3, -0.25) is 19.2 Å². The van der Waals surface area contributed by atoms with Crippen LogP contribution in [0.5, 0.6) is 0 Å². The molecule has 1 saturated carbocycles. The summed E-state index contributed by atoms with van der Waals surface area (Å²) in [6.07, 6.45) is -2.86. The molecule has 46 heavy (non-hydrogen) atoms. The number of carbonyl (C=O) groups excluding carboxylic acids is 5. The molecule has 0 N–H and O–H groups in total. The highest BCUT2D eigenvalue weighted by Crippen LogP contribution is 2.57. The van der Waals surface area contributed by atoms with Crippen molar-refractivity contribution in [1.29, 1.82) is 0 Å². The molecule has 2 fully saturated rings. The number of hydrogen-bond donors (Lipinski definition) is 0. The standard InChI is InChI=1S/C35H46O11/c1-18-15-26-29(45-33(40)25-13-11-10-12-14-25)19(2)17-35(26)31(43-23(6)38)20(3)30(46-35)32(44-24(7)39)34(8,9)28(42-22(5)37)16-27(18)41-21(4)36/h10-15,19-20,26-32H,16-17H2,1-9H3/b18-15+/t19-,20-,26-,27+,28+,29-,30-,31-,32+,35+/m0/s1. The van der Waals surface area contributed by atoms with E-state index in [-0.39, 0.29) is 12.3 Å². The maximum Gasteiger partial charge on any atom is 0.338 e. The highest BCUT2D eigenvalue weighted by atomic mass is 16.6. The van der Waals surface area contributed by atoms with Crippen molar-refractivity contribution < 1.29 is 52.4 Å². The molecule has 252 valence electrons. The SMILES string of the molecule is CC(=O)O[C@@H]1[C@H]2O[C@@]3(C[C@H](C)[C@H](OC(=O)c4ccccc4)[C@@H]3/C=C(\C)[C@H](OC(C)=O)C[C@@H](OC(C)=O)C1(C)C)[C@@H](OC(C)=O)[C@H]2C. The molecule has 1 aromatic rings. The lowest BCUT2D eigenvalue weighted by Crippen LogP contribution is -2.53. The number of ether oxygens (including phenoxy) is 6. The Morgan fingerprint density at radius 2 is 1.35 bits per heavy atom. The maximum absolute atomic E-state index is 13.4. The van der Waals surface area contributed by atoms with Crippen LogP contribution >= 0.6 is 0 Å². The zero-order valence-electron chi connectivity index (χ0n) is 28.1. The van der Waals surface area contributed by atoms with Crippen molar-refractivity contribution in [1.82, 2.24) is 0 Å². The van der Waals surface area contributed by atoms with Crippen LogP contribution in [-0.4, -0.2) is 72.1 Å². The minimum absolute atomic E-state index is 0.0600. The molecular formula is C35H46O11. The minimum Gasteiger partial charge on any atom is -0.462 e. The van der Waals surface area contributed by atoms with Crippen LogP contribution in [0.3, 0.4) is 0 Å². The van der Waals surface area contributed by atoms with Crippen LogP contribution in [0.15, 0.2) is 42.0 Å². The van der Waals surface area contributed by atoms with Gasteiger partial charge < -0.3 is 28.4 Å². The Hall–Kier alpha value is -3.73. The molecule has 0 aromatic heterocycles. The van der Waals surface area contributed by atoms with Crippen molar-refractivity contribution in [2.24, 2.45) is 23.2 Å². The van der Waals surface area contributed by atoms with Crippen molar-refractivity contribution in [3.8, 4) is 0 Å². The van der Waals surface area contributed by atoms with Gasteiger partial charge in [-0.25, -0.2) is 4.79 Å². The van der Waals surface area contributed by atoms with E-state index in [0.29, 0.717) is 17.6 Å². The first-order chi connectivity index (χ1) is 21.5. The van der Waals surface area contributed by atoms with Gasteiger partial charge in [0.25, 0.3) is 0 Å². The molecule has 1 spiro atoms. The molecular weight excluding hydrogens is 596 g/mol. The molecule has 0 amide bonds. The fraction of sp³-hybridized carbons (Fsp3) is 0.629. The van der Waals surface area contributed by atoms with Gasteiger partial charge in [-0.2, -0.15) is 0 Å². The molecule has 11 nitrogen and oxygen atoms in total. The summed E-state index contributed by atoms with van der Waals surface area (Å²) in [4.78, 5) is 63.5. The Bertz CT molecular complexity index is 1370. The monoisotopic (exact) mass is 642 g/mol. The first-order valence-electron chi connectivity index (χ1n) is 15.8. The van der Waals surface area contributed by atoms with E-state index in [2.05, 4.69) is 0 Å². The van der Waals surface area contributed by atoms with E-state index in [1.54, 1.807) is 51.1 Å². The van der Waals surface area contributed by atoms with Gasteiger partial charge in [0.1, 0.15) is 42.2 Å². The summed E-state index contributed by atoms with van der Waals surface area (Å²) in [5.74, 6) is -4.16. The summed E-state index contributed by atoms with van der Waals surface area (Å²) >= 11 is 0. The second-order valence-corrected chi connectivity index (χ2v) is 13.6. The summed E-state index contributed by atoms with van der Waals surface area (Å²) in [6.45, 7) is 14.4. The van der Waals surface area contributed by atoms with Crippen LogP contribution in [0.25, 0.3) is 0 Å².